The number of hydrogen-bond donors (Lipinski definition) is 0. The molecule has 0 aliphatic heterocycles. The molecule has 0 fully saturated rings. The van der Waals surface area contributed by atoms with Crippen molar-refractivity contribution in [2.24, 2.45) is 0 Å². The van der Waals surface area contributed by atoms with Gasteiger partial charge in [0.1, 0.15) is 0 Å². The molecule has 0 atom stereocenters. The van der Waals surface area contributed by atoms with Crippen molar-refractivity contribution in [1.29, 1.82) is 0 Å². The first-order valence-corrected chi connectivity index (χ1v) is 7.46. The highest BCUT2D eigenvalue weighted by Gasteiger charge is 2.07. The summed E-state index contributed by atoms with van der Waals surface area (Å²) in [6.45, 7) is 4.04. The van der Waals surface area contributed by atoms with Crippen LogP contribution in [0, 0.1) is 6.92 Å². The van der Waals surface area contributed by atoms with Crippen molar-refractivity contribution >= 4 is 38.6 Å². The molecule has 0 saturated carbocycles. The van der Waals surface area contributed by atoms with Crippen molar-refractivity contribution in [1.82, 2.24) is 9.88 Å². The van der Waals surface area contributed by atoms with Crippen LogP contribution in [0.4, 0.5) is 0 Å². The number of hydrogen-bond acceptors (Lipinski definition) is 4. The lowest BCUT2D eigenvalue weighted by Crippen LogP contribution is -2.16. The molecule has 5 heteroatoms. The number of nitrogens with zero attached hydrogens (tertiary/aromatic N) is 2. The third-order valence-corrected chi connectivity index (χ3v) is 4.84. The maximum absolute atomic E-state index is 4.27. The average molecular weight is 317 g/mol. The first kappa shape index (κ1) is 12.2. The summed E-state index contributed by atoms with van der Waals surface area (Å²) in [5, 5.41) is 0. The first-order chi connectivity index (χ1) is 7.65. The van der Waals surface area contributed by atoms with Gasteiger partial charge < -0.3 is 0 Å². The van der Waals surface area contributed by atoms with Gasteiger partial charge in [-0.05, 0) is 42.0 Å². The molecule has 0 N–H and O–H groups in total. The molecule has 0 saturated heterocycles. The van der Waals surface area contributed by atoms with Crippen molar-refractivity contribution in [2.45, 2.75) is 20.0 Å². The van der Waals surface area contributed by atoms with Gasteiger partial charge in [0.15, 0.2) is 0 Å². The summed E-state index contributed by atoms with van der Waals surface area (Å²) in [7, 11) is 2.15. The van der Waals surface area contributed by atoms with E-state index < -0.39 is 0 Å². The van der Waals surface area contributed by atoms with Gasteiger partial charge in [-0.15, -0.1) is 22.7 Å². The van der Waals surface area contributed by atoms with E-state index in [1.54, 1.807) is 22.7 Å². The molecule has 0 radical (unpaired) electrons. The molecule has 0 bridgehead atoms. The van der Waals surface area contributed by atoms with Crippen molar-refractivity contribution < 1.29 is 0 Å². The van der Waals surface area contributed by atoms with Crippen molar-refractivity contribution in [2.75, 3.05) is 7.05 Å². The summed E-state index contributed by atoms with van der Waals surface area (Å²) in [6, 6.07) is 4.27. The number of thiophene rings is 1. The topological polar surface area (TPSA) is 16.1 Å². The minimum Gasteiger partial charge on any atom is -0.296 e. The molecule has 0 amide bonds. The largest absolute Gasteiger partial charge is 0.296 e. The Morgan fingerprint density at radius 3 is 2.75 bits per heavy atom. The fourth-order valence-electron chi connectivity index (χ4n) is 1.48. The maximum atomic E-state index is 4.27. The summed E-state index contributed by atoms with van der Waals surface area (Å²) in [5.41, 5.74) is 3.07. The van der Waals surface area contributed by atoms with E-state index in [4.69, 9.17) is 0 Å². The summed E-state index contributed by atoms with van der Waals surface area (Å²) < 4.78 is 1.20. The van der Waals surface area contributed by atoms with Crippen LogP contribution >= 0.6 is 38.6 Å². The molecule has 2 aromatic heterocycles. The number of aryl methyl sites for hydroxylation is 1. The van der Waals surface area contributed by atoms with Crippen molar-refractivity contribution in [3.05, 3.63) is 36.9 Å². The Balaban J connectivity index is 1.94. The second-order valence-corrected chi connectivity index (χ2v) is 7.23. The Kier molecular flexibility index (Phi) is 4.13. The van der Waals surface area contributed by atoms with Crippen LogP contribution in [0.15, 0.2) is 21.4 Å². The second-order valence-electron chi connectivity index (χ2n) is 3.74. The molecule has 86 valence electrons. The standard InChI is InChI=1S/C11H13BrN2S2/c1-8-10(15-7-13-8)6-14(2)5-9-3-4-11(12)16-9/h3-4,7H,5-6H2,1-2H3. The van der Waals surface area contributed by atoms with Gasteiger partial charge in [0.25, 0.3) is 0 Å². The van der Waals surface area contributed by atoms with E-state index in [1.165, 1.54) is 13.5 Å². The lowest BCUT2D eigenvalue weighted by atomic mass is 10.3. The number of halogens is 1. The van der Waals surface area contributed by atoms with E-state index in [2.05, 4.69) is 51.9 Å². The smallest absolute Gasteiger partial charge is 0.0798 e. The van der Waals surface area contributed by atoms with Gasteiger partial charge in [-0.25, -0.2) is 4.98 Å². The summed E-state index contributed by atoms with van der Waals surface area (Å²) in [4.78, 5) is 9.33. The summed E-state index contributed by atoms with van der Waals surface area (Å²) in [6.07, 6.45) is 0. The first-order valence-electron chi connectivity index (χ1n) is 4.97. The van der Waals surface area contributed by atoms with E-state index in [0.29, 0.717) is 0 Å². The summed E-state index contributed by atoms with van der Waals surface area (Å²) >= 11 is 7.02. The average Bonchev–Trinajstić information content (AvgIpc) is 2.77. The van der Waals surface area contributed by atoms with Crippen molar-refractivity contribution in [3.8, 4) is 0 Å². The highest BCUT2D eigenvalue weighted by atomic mass is 79.9. The van der Waals surface area contributed by atoms with Crippen LogP contribution in [0.5, 0.6) is 0 Å². The molecular formula is C11H13BrN2S2. The van der Waals surface area contributed by atoms with Crippen molar-refractivity contribution in [3.63, 3.8) is 0 Å². The Labute approximate surface area is 112 Å². The zero-order valence-corrected chi connectivity index (χ0v) is 12.5. The molecule has 0 aliphatic rings. The van der Waals surface area contributed by atoms with Crippen LogP contribution in [0.3, 0.4) is 0 Å². The van der Waals surface area contributed by atoms with Crippen LogP contribution in [-0.4, -0.2) is 16.9 Å². The zero-order chi connectivity index (χ0) is 11.5. The molecular weight excluding hydrogens is 304 g/mol. The third-order valence-electron chi connectivity index (χ3n) is 2.31. The van der Waals surface area contributed by atoms with Crippen LogP contribution in [-0.2, 0) is 13.1 Å². The normalized spacial score (nSPS) is 11.2. The highest BCUT2D eigenvalue weighted by molar-refractivity contribution is 9.11. The van der Waals surface area contributed by atoms with E-state index in [-0.39, 0.29) is 0 Å². The third kappa shape index (κ3) is 3.13. The molecule has 16 heavy (non-hydrogen) atoms. The molecule has 2 heterocycles. The Morgan fingerprint density at radius 1 is 1.38 bits per heavy atom. The fourth-order valence-corrected chi connectivity index (χ4v) is 3.90. The molecule has 2 nitrogen and oxygen atoms in total. The van der Waals surface area contributed by atoms with Gasteiger partial charge >= 0.3 is 0 Å². The minimum atomic E-state index is 0.978. The Hall–Kier alpha value is -0.230. The predicted octanol–water partition coefficient (Wildman–Crippen LogP) is 3.91. The van der Waals surface area contributed by atoms with Gasteiger partial charge in [0.05, 0.1) is 15.0 Å². The van der Waals surface area contributed by atoms with Crippen LogP contribution in [0.1, 0.15) is 15.4 Å². The van der Waals surface area contributed by atoms with Gasteiger partial charge in [0, 0.05) is 22.8 Å². The van der Waals surface area contributed by atoms with Crippen LogP contribution < -0.4 is 0 Å². The molecule has 2 rings (SSSR count). The highest BCUT2D eigenvalue weighted by Crippen LogP contribution is 2.24. The van der Waals surface area contributed by atoms with E-state index >= 15 is 0 Å². The SMILES string of the molecule is Cc1ncsc1CN(C)Cc1ccc(Br)s1. The number of rotatable bonds is 4. The molecule has 0 aromatic carbocycles. The second kappa shape index (κ2) is 5.40. The van der Waals surface area contributed by atoms with Gasteiger partial charge in [-0.1, -0.05) is 0 Å². The van der Waals surface area contributed by atoms with Gasteiger partial charge in [-0.2, -0.15) is 0 Å². The fraction of sp³-hybridized carbons (Fsp3) is 0.364. The monoisotopic (exact) mass is 316 g/mol. The van der Waals surface area contributed by atoms with Crippen LogP contribution in [0.2, 0.25) is 0 Å². The van der Waals surface area contributed by atoms with E-state index in [0.717, 1.165) is 18.8 Å². The molecule has 0 aliphatic carbocycles. The summed E-state index contributed by atoms with van der Waals surface area (Å²) in [5.74, 6) is 0. The lowest BCUT2D eigenvalue weighted by Gasteiger charge is -2.14. The molecule has 0 unspecified atom stereocenters. The predicted molar refractivity (Wildman–Crippen MR) is 74.0 cm³/mol. The quantitative estimate of drug-likeness (QED) is 0.850. The van der Waals surface area contributed by atoms with Gasteiger partial charge in [0.2, 0.25) is 0 Å². The number of thiazole rings is 1. The lowest BCUT2D eigenvalue weighted by molar-refractivity contribution is 0.324. The Morgan fingerprint density at radius 2 is 2.19 bits per heavy atom. The zero-order valence-electron chi connectivity index (χ0n) is 9.24. The maximum Gasteiger partial charge on any atom is 0.0798 e. The van der Waals surface area contributed by atoms with E-state index in [1.807, 2.05) is 5.51 Å². The number of aromatic nitrogens is 1. The molecule has 0 spiro atoms. The molecule has 2 aromatic rings. The van der Waals surface area contributed by atoms with Gasteiger partial charge in [-0.3, -0.25) is 4.90 Å². The van der Waals surface area contributed by atoms with Crippen LogP contribution in [0.25, 0.3) is 0 Å². The van der Waals surface area contributed by atoms with E-state index in [9.17, 15) is 0 Å². The Bertz CT molecular complexity index is 464. The minimum absolute atomic E-state index is 0.978.